The monoisotopic (exact) mass is 354 g/mol. The zero-order chi connectivity index (χ0) is 18.7. The van der Waals surface area contributed by atoms with Crippen molar-refractivity contribution in [2.75, 3.05) is 31.0 Å². The molecule has 1 aliphatic rings. The molecule has 3 rings (SSSR count). The molecule has 0 saturated carbocycles. The summed E-state index contributed by atoms with van der Waals surface area (Å²) in [6.07, 6.45) is 0.597. The summed E-state index contributed by atoms with van der Waals surface area (Å²) in [6, 6.07) is 11.0. The van der Waals surface area contributed by atoms with Crippen LogP contribution in [0.3, 0.4) is 0 Å². The van der Waals surface area contributed by atoms with Gasteiger partial charge in [-0.15, -0.1) is 0 Å². The second-order valence-corrected chi connectivity index (χ2v) is 6.07. The Morgan fingerprint density at radius 1 is 1.12 bits per heavy atom. The van der Waals surface area contributed by atoms with Gasteiger partial charge < -0.3 is 19.7 Å². The predicted octanol–water partition coefficient (Wildman–Crippen LogP) is 2.79. The van der Waals surface area contributed by atoms with Gasteiger partial charge >= 0.3 is 0 Å². The lowest BCUT2D eigenvalue weighted by Crippen LogP contribution is -2.25. The highest BCUT2D eigenvalue weighted by Crippen LogP contribution is 2.31. The maximum Gasteiger partial charge on any atom is 0.231 e. The first-order chi connectivity index (χ1) is 12.5. The summed E-state index contributed by atoms with van der Waals surface area (Å²) in [7, 11) is 3.13. The molecule has 0 atom stereocenters. The SMILES string of the molecule is CCN1C(=O)Cc2cc(NC(=O)Cc3ccc(OC)c(OC)c3)ccc21. The first-order valence-corrected chi connectivity index (χ1v) is 8.49. The first kappa shape index (κ1) is 17.8. The van der Waals surface area contributed by atoms with Gasteiger partial charge in [0.2, 0.25) is 11.8 Å². The number of methoxy groups -OCH3 is 2. The van der Waals surface area contributed by atoms with E-state index in [2.05, 4.69) is 5.32 Å². The van der Waals surface area contributed by atoms with Crippen LogP contribution in [0.1, 0.15) is 18.1 Å². The fraction of sp³-hybridized carbons (Fsp3) is 0.300. The number of carbonyl (C=O) groups is 2. The average molecular weight is 354 g/mol. The molecule has 136 valence electrons. The van der Waals surface area contributed by atoms with E-state index in [9.17, 15) is 9.59 Å². The maximum absolute atomic E-state index is 12.4. The molecule has 0 fully saturated rings. The molecule has 0 aromatic heterocycles. The number of benzene rings is 2. The summed E-state index contributed by atoms with van der Waals surface area (Å²) in [5, 5.41) is 2.89. The standard InChI is InChI=1S/C20H22N2O4/c1-4-22-16-7-6-15(11-14(16)12-20(22)24)21-19(23)10-13-5-8-17(25-2)18(9-13)26-3/h5-9,11H,4,10,12H2,1-3H3,(H,21,23). The zero-order valence-electron chi connectivity index (χ0n) is 15.2. The van der Waals surface area contributed by atoms with Crippen LogP contribution >= 0.6 is 0 Å². The van der Waals surface area contributed by atoms with Crippen LogP contribution in [0.4, 0.5) is 11.4 Å². The molecular weight excluding hydrogens is 332 g/mol. The van der Waals surface area contributed by atoms with Crippen molar-refractivity contribution in [3.63, 3.8) is 0 Å². The highest BCUT2D eigenvalue weighted by Gasteiger charge is 2.26. The van der Waals surface area contributed by atoms with Crippen LogP contribution in [-0.4, -0.2) is 32.6 Å². The Balaban J connectivity index is 1.70. The first-order valence-electron chi connectivity index (χ1n) is 8.49. The van der Waals surface area contributed by atoms with Crippen molar-refractivity contribution in [2.24, 2.45) is 0 Å². The second-order valence-electron chi connectivity index (χ2n) is 6.07. The van der Waals surface area contributed by atoms with Crippen LogP contribution in [0.5, 0.6) is 11.5 Å². The van der Waals surface area contributed by atoms with Crippen LogP contribution in [0.2, 0.25) is 0 Å². The van der Waals surface area contributed by atoms with E-state index in [0.29, 0.717) is 30.2 Å². The molecule has 0 aliphatic carbocycles. The fourth-order valence-electron chi connectivity index (χ4n) is 3.19. The van der Waals surface area contributed by atoms with E-state index < -0.39 is 0 Å². The fourth-order valence-corrected chi connectivity index (χ4v) is 3.19. The van der Waals surface area contributed by atoms with Crippen LogP contribution in [0.15, 0.2) is 36.4 Å². The Morgan fingerprint density at radius 2 is 1.88 bits per heavy atom. The van der Waals surface area contributed by atoms with E-state index in [4.69, 9.17) is 9.47 Å². The quantitative estimate of drug-likeness (QED) is 0.866. The lowest BCUT2D eigenvalue weighted by atomic mass is 10.1. The summed E-state index contributed by atoms with van der Waals surface area (Å²) in [5.74, 6) is 1.18. The minimum Gasteiger partial charge on any atom is -0.493 e. The number of fused-ring (bicyclic) bond motifs is 1. The van der Waals surface area contributed by atoms with Gasteiger partial charge in [0.15, 0.2) is 11.5 Å². The lowest BCUT2D eigenvalue weighted by molar-refractivity contribution is -0.117. The molecule has 1 aliphatic heterocycles. The number of anilines is 2. The molecule has 0 saturated heterocycles. The van der Waals surface area contributed by atoms with Gasteiger partial charge in [0, 0.05) is 17.9 Å². The van der Waals surface area contributed by atoms with Crippen molar-refractivity contribution >= 4 is 23.2 Å². The number of carbonyl (C=O) groups excluding carboxylic acids is 2. The number of likely N-dealkylation sites (N-methyl/N-ethyl adjacent to an activating group) is 1. The normalized spacial score (nSPS) is 12.7. The Hall–Kier alpha value is -3.02. The number of hydrogen-bond acceptors (Lipinski definition) is 4. The minimum atomic E-state index is -0.131. The van der Waals surface area contributed by atoms with Gasteiger partial charge in [-0.25, -0.2) is 0 Å². The zero-order valence-corrected chi connectivity index (χ0v) is 15.2. The summed E-state index contributed by atoms with van der Waals surface area (Å²) in [4.78, 5) is 26.1. The molecule has 0 spiro atoms. The Bertz CT molecular complexity index is 848. The van der Waals surface area contributed by atoms with Gasteiger partial charge in [0.1, 0.15) is 0 Å². The third kappa shape index (κ3) is 3.49. The number of nitrogens with one attached hydrogen (secondary N) is 1. The third-order valence-corrected chi connectivity index (χ3v) is 4.43. The predicted molar refractivity (Wildman–Crippen MR) is 100 cm³/mol. The van der Waals surface area contributed by atoms with E-state index in [1.54, 1.807) is 31.3 Å². The number of rotatable bonds is 6. The topological polar surface area (TPSA) is 67.9 Å². The summed E-state index contributed by atoms with van der Waals surface area (Å²) >= 11 is 0. The molecular formula is C20H22N2O4. The molecule has 2 aromatic rings. The summed E-state index contributed by atoms with van der Waals surface area (Å²) < 4.78 is 10.5. The molecule has 1 heterocycles. The molecule has 0 unspecified atom stereocenters. The number of amides is 2. The molecule has 1 N–H and O–H groups in total. The number of ether oxygens (including phenoxy) is 2. The van der Waals surface area contributed by atoms with Crippen LogP contribution in [-0.2, 0) is 22.4 Å². The van der Waals surface area contributed by atoms with Crippen LogP contribution in [0.25, 0.3) is 0 Å². The number of hydrogen-bond donors (Lipinski definition) is 1. The van der Waals surface area contributed by atoms with E-state index >= 15 is 0 Å². The Kier molecular flexibility index (Phi) is 5.11. The summed E-state index contributed by atoms with van der Waals surface area (Å²) in [6.45, 7) is 2.60. The van der Waals surface area contributed by atoms with Crippen LogP contribution < -0.4 is 19.7 Å². The minimum absolute atomic E-state index is 0.0938. The molecule has 2 aromatic carbocycles. The van der Waals surface area contributed by atoms with Crippen molar-refractivity contribution in [3.05, 3.63) is 47.5 Å². The van der Waals surface area contributed by atoms with E-state index in [-0.39, 0.29) is 18.2 Å². The van der Waals surface area contributed by atoms with Gasteiger partial charge in [-0.2, -0.15) is 0 Å². The largest absolute Gasteiger partial charge is 0.493 e. The molecule has 0 bridgehead atoms. The van der Waals surface area contributed by atoms with E-state index in [1.165, 1.54) is 0 Å². The number of nitrogens with zero attached hydrogens (tertiary/aromatic N) is 1. The lowest BCUT2D eigenvalue weighted by Gasteiger charge is -2.15. The van der Waals surface area contributed by atoms with Gasteiger partial charge in [0.05, 0.1) is 27.1 Å². The van der Waals surface area contributed by atoms with Crippen molar-refractivity contribution < 1.29 is 19.1 Å². The highest BCUT2D eigenvalue weighted by molar-refractivity contribution is 6.02. The van der Waals surface area contributed by atoms with E-state index in [0.717, 1.165) is 16.8 Å². The van der Waals surface area contributed by atoms with E-state index in [1.807, 2.05) is 31.2 Å². The Labute approximate surface area is 152 Å². The van der Waals surface area contributed by atoms with Gasteiger partial charge in [-0.1, -0.05) is 6.07 Å². The van der Waals surface area contributed by atoms with Gasteiger partial charge in [-0.05, 0) is 48.4 Å². The van der Waals surface area contributed by atoms with Crippen molar-refractivity contribution in [1.82, 2.24) is 0 Å². The Morgan fingerprint density at radius 3 is 2.58 bits per heavy atom. The molecule has 6 heteroatoms. The molecule has 26 heavy (non-hydrogen) atoms. The maximum atomic E-state index is 12.4. The van der Waals surface area contributed by atoms with Crippen molar-refractivity contribution in [2.45, 2.75) is 19.8 Å². The smallest absolute Gasteiger partial charge is 0.231 e. The molecule has 6 nitrogen and oxygen atoms in total. The summed E-state index contributed by atoms with van der Waals surface area (Å²) in [5.41, 5.74) is 3.39. The highest BCUT2D eigenvalue weighted by atomic mass is 16.5. The van der Waals surface area contributed by atoms with Crippen molar-refractivity contribution in [3.8, 4) is 11.5 Å². The van der Waals surface area contributed by atoms with Crippen LogP contribution in [0, 0.1) is 0 Å². The van der Waals surface area contributed by atoms with Crippen molar-refractivity contribution in [1.29, 1.82) is 0 Å². The average Bonchev–Trinajstić information content (AvgIpc) is 2.95. The molecule has 0 radical (unpaired) electrons. The third-order valence-electron chi connectivity index (χ3n) is 4.43. The molecule has 2 amide bonds. The second kappa shape index (κ2) is 7.47. The van der Waals surface area contributed by atoms with Gasteiger partial charge in [0.25, 0.3) is 0 Å². The van der Waals surface area contributed by atoms with Gasteiger partial charge in [-0.3, -0.25) is 9.59 Å².